The number of carbonyl (C=O) groups excluding carboxylic acids is 1. The highest BCUT2D eigenvalue weighted by Crippen LogP contribution is 2.44. The Morgan fingerprint density at radius 2 is 1.72 bits per heavy atom. The topological polar surface area (TPSA) is 94.8 Å². The minimum Gasteiger partial charge on any atom is -0.502 e. The molecule has 0 saturated carbocycles. The van der Waals surface area contributed by atoms with Crippen LogP contribution in [0.3, 0.4) is 0 Å². The number of hydrogen-bond acceptors (Lipinski definition) is 6. The van der Waals surface area contributed by atoms with Gasteiger partial charge >= 0.3 is 0 Å². The average molecular weight is 395 g/mol. The number of carbonyl (C=O) groups is 1. The molecular formula is C21H21N3O5. The van der Waals surface area contributed by atoms with Crippen LogP contribution in [0.4, 0.5) is 5.82 Å². The zero-order valence-corrected chi connectivity index (χ0v) is 16.3. The van der Waals surface area contributed by atoms with Crippen molar-refractivity contribution in [2.75, 3.05) is 26.6 Å². The molecule has 0 bridgehead atoms. The molecule has 29 heavy (non-hydrogen) atoms. The van der Waals surface area contributed by atoms with Gasteiger partial charge in [0.05, 0.1) is 33.2 Å². The number of methoxy groups -OCH3 is 3. The Balaban J connectivity index is 1.80. The minimum absolute atomic E-state index is 0.0758. The van der Waals surface area contributed by atoms with Crippen molar-refractivity contribution in [1.82, 2.24) is 9.78 Å². The van der Waals surface area contributed by atoms with Gasteiger partial charge in [-0.3, -0.25) is 4.79 Å². The molecule has 8 heteroatoms. The van der Waals surface area contributed by atoms with Crippen LogP contribution in [0.25, 0.3) is 5.69 Å². The molecular weight excluding hydrogens is 374 g/mol. The third kappa shape index (κ3) is 3.22. The number of amides is 1. The molecule has 8 nitrogen and oxygen atoms in total. The number of anilines is 1. The van der Waals surface area contributed by atoms with Crippen LogP contribution in [0.5, 0.6) is 23.0 Å². The molecule has 4 rings (SSSR count). The fourth-order valence-electron chi connectivity index (χ4n) is 3.55. The SMILES string of the molecule is COc1ccc(-n2ncc3c2NC(=O)CC3c2cc(OC)c(O)c(OC)c2)cc1. The first kappa shape index (κ1) is 18.7. The second-order valence-electron chi connectivity index (χ2n) is 6.64. The smallest absolute Gasteiger partial charge is 0.226 e. The van der Waals surface area contributed by atoms with E-state index >= 15 is 0 Å². The summed E-state index contributed by atoms with van der Waals surface area (Å²) in [6.45, 7) is 0. The van der Waals surface area contributed by atoms with Gasteiger partial charge in [-0.15, -0.1) is 0 Å². The van der Waals surface area contributed by atoms with Crippen molar-refractivity contribution in [2.24, 2.45) is 0 Å². The van der Waals surface area contributed by atoms with Gasteiger partial charge in [0.15, 0.2) is 11.5 Å². The lowest BCUT2D eigenvalue weighted by Gasteiger charge is -2.24. The summed E-state index contributed by atoms with van der Waals surface area (Å²) in [6, 6.07) is 10.8. The first-order valence-electron chi connectivity index (χ1n) is 9.02. The monoisotopic (exact) mass is 395 g/mol. The predicted molar refractivity (Wildman–Crippen MR) is 106 cm³/mol. The van der Waals surface area contributed by atoms with Crippen LogP contribution in [-0.2, 0) is 4.79 Å². The lowest BCUT2D eigenvalue weighted by atomic mass is 9.87. The lowest BCUT2D eigenvalue weighted by Crippen LogP contribution is -2.24. The van der Waals surface area contributed by atoms with E-state index in [9.17, 15) is 9.90 Å². The maximum Gasteiger partial charge on any atom is 0.226 e. The Kier molecular flexibility index (Phi) is 4.75. The Morgan fingerprint density at radius 1 is 1.07 bits per heavy atom. The number of benzene rings is 2. The summed E-state index contributed by atoms with van der Waals surface area (Å²) in [6.07, 6.45) is 1.99. The van der Waals surface area contributed by atoms with E-state index in [-0.39, 0.29) is 35.5 Å². The zero-order chi connectivity index (χ0) is 20.5. The van der Waals surface area contributed by atoms with Gasteiger partial charge in [0.25, 0.3) is 0 Å². The maximum absolute atomic E-state index is 12.5. The number of aromatic nitrogens is 2. The molecule has 0 fully saturated rings. The first-order chi connectivity index (χ1) is 14.0. The van der Waals surface area contributed by atoms with Crippen LogP contribution in [0, 0.1) is 0 Å². The van der Waals surface area contributed by atoms with Crippen LogP contribution in [0.15, 0.2) is 42.6 Å². The summed E-state index contributed by atoms with van der Waals surface area (Å²) in [5.41, 5.74) is 2.46. The minimum atomic E-state index is -0.255. The van der Waals surface area contributed by atoms with Gasteiger partial charge in [-0.1, -0.05) is 0 Å². The fraction of sp³-hybridized carbons (Fsp3) is 0.238. The Morgan fingerprint density at radius 3 is 2.31 bits per heavy atom. The molecule has 150 valence electrons. The van der Waals surface area contributed by atoms with Crippen LogP contribution >= 0.6 is 0 Å². The summed E-state index contributed by atoms with van der Waals surface area (Å²) in [5.74, 6) is 1.47. The van der Waals surface area contributed by atoms with Crippen molar-refractivity contribution in [3.8, 4) is 28.7 Å². The molecule has 3 aromatic rings. The largest absolute Gasteiger partial charge is 0.502 e. The summed E-state index contributed by atoms with van der Waals surface area (Å²) in [7, 11) is 4.55. The van der Waals surface area contributed by atoms with E-state index in [1.165, 1.54) is 14.2 Å². The molecule has 2 N–H and O–H groups in total. The average Bonchev–Trinajstić information content (AvgIpc) is 3.17. The molecule has 2 aromatic carbocycles. The summed E-state index contributed by atoms with van der Waals surface area (Å²) in [4.78, 5) is 12.5. The molecule has 1 unspecified atom stereocenters. The standard InChI is InChI=1S/C21H21N3O5/c1-27-14-6-4-13(5-7-14)24-21-16(11-22-24)15(10-19(25)23-21)12-8-17(28-2)20(26)18(9-12)29-3/h4-9,11,15,26H,10H2,1-3H3,(H,23,25). The molecule has 1 atom stereocenters. The Hall–Kier alpha value is -3.68. The van der Waals surface area contributed by atoms with Crippen molar-refractivity contribution >= 4 is 11.7 Å². The van der Waals surface area contributed by atoms with E-state index in [2.05, 4.69) is 10.4 Å². The number of fused-ring (bicyclic) bond motifs is 1. The second kappa shape index (κ2) is 7.38. The molecule has 0 radical (unpaired) electrons. The van der Waals surface area contributed by atoms with E-state index < -0.39 is 0 Å². The Bertz CT molecular complexity index is 1030. The van der Waals surface area contributed by atoms with Crippen molar-refractivity contribution < 1.29 is 24.1 Å². The third-order valence-corrected chi connectivity index (χ3v) is 5.04. The summed E-state index contributed by atoms with van der Waals surface area (Å²) >= 11 is 0. The molecule has 1 aromatic heterocycles. The highest BCUT2D eigenvalue weighted by molar-refractivity contribution is 5.94. The van der Waals surface area contributed by atoms with Crippen molar-refractivity contribution in [2.45, 2.75) is 12.3 Å². The van der Waals surface area contributed by atoms with Gasteiger partial charge in [0, 0.05) is 17.9 Å². The number of aromatic hydroxyl groups is 1. The summed E-state index contributed by atoms with van der Waals surface area (Å²) < 4.78 is 17.4. The van der Waals surface area contributed by atoms with Gasteiger partial charge < -0.3 is 24.6 Å². The van der Waals surface area contributed by atoms with Gasteiger partial charge in [0.2, 0.25) is 11.7 Å². The van der Waals surface area contributed by atoms with E-state index in [0.29, 0.717) is 5.82 Å². The normalized spacial score (nSPS) is 15.4. The zero-order valence-electron chi connectivity index (χ0n) is 16.3. The van der Waals surface area contributed by atoms with Crippen LogP contribution < -0.4 is 19.5 Å². The fourth-order valence-corrected chi connectivity index (χ4v) is 3.55. The van der Waals surface area contributed by atoms with E-state index in [0.717, 1.165) is 22.6 Å². The number of phenolic OH excluding ortho intramolecular Hbond substituents is 1. The van der Waals surface area contributed by atoms with Gasteiger partial charge in [0.1, 0.15) is 11.6 Å². The lowest BCUT2D eigenvalue weighted by molar-refractivity contribution is -0.116. The molecule has 1 amide bonds. The predicted octanol–water partition coefficient (Wildman–Crippen LogP) is 3.08. The molecule has 1 aliphatic heterocycles. The second-order valence-corrected chi connectivity index (χ2v) is 6.64. The number of nitrogens with one attached hydrogen (secondary N) is 1. The van der Waals surface area contributed by atoms with E-state index in [1.807, 2.05) is 24.3 Å². The highest BCUT2D eigenvalue weighted by atomic mass is 16.5. The van der Waals surface area contributed by atoms with Crippen molar-refractivity contribution in [1.29, 1.82) is 0 Å². The van der Waals surface area contributed by atoms with Crippen molar-refractivity contribution in [3.05, 3.63) is 53.7 Å². The van der Waals surface area contributed by atoms with Crippen LogP contribution in [0.1, 0.15) is 23.5 Å². The highest BCUT2D eigenvalue weighted by Gasteiger charge is 2.31. The Labute approximate surface area is 167 Å². The first-order valence-corrected chi connectivity index (χ1v) is 9.02. The number of rotatable bonds is 5. The summed E-state index contributed by atoms with van der Waals surface area (Å²) in [5, 5.41) is 17.6. The molecule has 0 saturated heterocycles. The van der Waals surface area contributed by atoms with Gasteiger partial charge in [-0.05, 0) is 42.0 Å². The maximum atomic E-state index is 12.5. The number of nitrogens with zero attached hydrogens (tertiary/aromatic N) is 2. The van der Waals surface area contributed by atoms with Crippen molar-refractivity contribution in [3.63, 3.8) is 0 Å². The van der Waals surface area contributed by atoms with E-state index in [4.69, 9.17) is 14.2 Å². The van der Waals surface area contributed by atoms with E-state index in [1.54, 1.807) is 30.1 Å². The quantitative estimate of drug-likeness (QED) is 0.689. The molecule has 0 aliphatic carbocycles. The third-order valence-electron chi connectivity index (χ3n) is 5.04. The van der Waals surface area contributed by atoms with Gasteiger partial charge in [-0.2, -0.15) is 5.10 Å². The number of phenols is 1. The number of ether oxygens (including phenoxy) is 3. The molecule has 2 heterocycles. The number of hydrogen-bond donors (Lipinski definition) is 2. The van der Waals surface area contributed by atoms with Crippen LogP contribution in [-0.4, -0.2) is 42.1 Å². The molecule has 1 aliphatic rings. The molecule has 0 spiro atoms. The van der Waals surface area contributed by atoms with Gasteiger partial charge in [-0.25, -0.2) is 4.68 Å². The van der Waals surface area contributed by atoms with Crippen LogP contribution in [0.2, 0.25) is 0 Å².